The molecule has 18 heavy (non-hydrogen) atoms. The van der Waals surface area contributed by atoms with Gasteiger partial charge in [0.15, 0.2) is 0 Å². The van der Waals surface area contributed by atoms with Crippen LogP contribution in [0.4, 0.5) is 0 Å². The summed E-state index contributed by atoms with van der Waals surface area (Å²) in [6, 6.07) is 0.585. The van der Waals surface area contributed by atoms with E-state index >= 15 is 0 Å². The minimum Gasteiger partial charge on any atom is -0.380 e. The van der Waals surface area contributed by atoms with E-state index in [0.717, 1.165) is 44.7 Å². The van der Waals surface area contributed by atoms with Crippen molar-refractivity contribution in [3.05, 3.63) is 0 Å². The lowest BCUT2D eigenvalue weighted by Gasteiger charge is -2.25. The first-order valence-corrected chi connectivity index (χ1v) is 7.58. The molecular formula is C15H32N2O. The summed E-state index contributed by atoms with van der Waals surface area (Å²) in [5.74, 6) is 1.67. The van der Waals surface area contributed by atoms with Crippen molar-refractivity contribution in [1.29, 1.82) is 0 Å². The van der Waals surface area contributed by atoms with Crippen LogP contribution in [0, 0.1) is 11.8 Å². The lowest BCUT2D eigenvalue weighted by molar-refractivity contribution is 0.0934. The number of nitrogens with zero attached hydrogens (tertiary/aromatic N) is 1. The Balaban J connectivity index is 1.92. The summed E-state index contributed by atoms with van der Waals surface area (Å²) in [4.78, 5) is 2.38. The fourth-order valence-electron chi connectivity index (χ4n) is 1.82. The van der Waals surface area contributed by atoms with Gasteiger partial charge in [-0.3, -0.25) is 0 Å². The topological polar surface area (TPSA) is 24.5 Å². The number of hydrogen-bond acceptors (Lipinski definition) is 3. The SMILES string of the molecule is CC(C)CCNCC(C)N(C)CCOCC1CC1. The molecule has 1 unspecified atom stereocenters. The molecule has 0 spiro atoms. The van der Waals surface area contributed by atoms with Gasteiger partial charge in [-0.2, -0.15) is 0 Å². The van der Waals surface area contributed by atoms with Crippen LogP contribution < -0.4 is 5.32 Å². The highest BCUT2D eigenvalue weighted by molar-refractivity contribution is 4.72. The second kappa shape index (κ2) is 8.89. The Hall–Kier alpha value is -0.120. The van der Waals surface area contributed by atoms with Crippen LogP contribution in [0.2, 0.25) is 0 Å². The van der Waals surface area contributed by atoms with E-state index in [1.165, 1.54) is 19.3 Å². The van der Waals surface area contributed by atoms with Crippen molar-refractivity contribution in [2.24, 2.45) is 11.8 Å². The number of hydrogen-bond donors (Lipinski definition) is 1. The molecule has 1 fully saturated rings. The van der Waals surface area contributed by atoms with Gasteiger partial charge in [-0.1, -0.05) is 13.8 Å². The van der Waals surface area contributed by atoms with Gasteiger partial charge in [-0.25, -0.2) is 0 Å². The molecule has 0 heterocycles. The van der Waals surface area contributed by atoms with Crippen molar-refractivity contribution >= 4 is 0 Å². The fraction of sp³-hybridized carbons (Fsp3) is 1.00. The highest BCUT2D eigenvalue weighted by Crippen LogP contribution is 2.28. The number of nitrogens with one attached hydrogen (secondary N) is 1. The Morgan fingerprint density at radius 3 is 2.61 bits per heavy atom. The lowest BCUT2D eigenvalue weighted by Crippen LogP contribution is -2.40. The highest BCUT2D eigenvalue weighted by atomic mass is 16.5. The molecule has 0 aliphatic heterocycles. The van der Waals surface area contributed by atoms with Gasteiger partial charge in [-0.15, -0.1) is 0 Å². The Labute approximate surface area is 113 Å². The normalized spacial score (nSPS) is 17.7. The Morgan fingerprint density at radius 2 is 2.00 bits per heavy atom. The standard InChI is InChI=1S/C15H32N2O/c1-13(2)7-8-16-11-14(3)17(4)9-10-18-12-15-5-6-15/h13-16H,5-12H2,1-4H3. The second-order valence-electron chi connectivity index (χ2n) is 6.23. The molecule has 3 heteroatoms. The summed E-state index contributed by atoms with van der Waals surface area (Å²) in [5.41, 5.74) is 0. The van der Waals surface area contributed by atoms with Crippen molar-refractivity contribution in [1.82, 2.24) is 10.2 Å². The maximum Gasteiger partial charge on any atom is 0.0593 e. The van der Waals surface area contributed by atoms with E-state index in [0.29, 0.717) is 6.04 Å². The minimum absolute atomic E-state index is 0.585. The van der Waals surface area contributed by atoms with Gasteiger partial charge in [0.25, 0.3) is 0 Å². The smallest absolute Gasteiger partial charge is 0.0593 e. The van der Waals surface area contributed by atoms with Crippen LogP contribution in [0.15, 0.2) is 0 Å². The zero-order chi connectivity index (χ0) is 13.4. The molecule has 0 bridgehead atoms. The zero-order valence-electron chi connectivity index (χ0n) is 12.7. The van der Waals surface area contributed by atoms with E-state index in [2.05, 4.69) is 38.0 Å². The molecule has 0 saturated heterocycles. The van der Waals surface area contributed by atoms with Crippen molar-refractivity contribution in [3.63, 3.8) is 0 Å². The molecule has 1 N–H and O–H groups in total. The summed E-state index contributed by atoms with van der Waals surface area (Å²) < 4.78 is 5.67. The molecule has 0 amide bonds. The van der Waals surface area contributed by atoms with E-state index < -0.39 is 0 Å². The fourth-order valence-corrected chi connectivity index (χ4v) is 1.82. The summed E-state index contributed by atoms with van der Waals surface area (Å²) in [7, 11) is 2.19. The monoisotopic (exact) mass is 256 g/mol. The Bertz CT molecular complexity index is 191. The molecule has 3 nitrogen and oxygen atoms in total. The van der Waals surface area contributed by atoms with E-state index in [9.17, 15) is 0 Å². The zero-order valence-corrected chi connectivity index (χ0v) is 12.7. The van der Waals surface area contributed by atoms with Crippen molar-refractivity contribution in [2.75, 3.05) is 39.9 Å². The minimum atomic E-state index is 0.585. The average molecular weight is 256 g/mol. The average Bonchev–Trinajstić information content (AvgIpc) is 3.13. The van der Waals surface area contributed by atoms with Crippen LogP contribution in [-0.2, 0) is 4.74 Å². The molecule has 0 aromatic rings. The molecule has 1 aliphatic carbocycles. The first-order chi connectivity index (χ1) is 8.59. The van der Waals surface area contributed by atoms with Gasteiger partial charge in [0.05, 0.1) is 6.61 Å². The summed E-state index contributed by atoms with van der Waals surface area (Å²) in [5, 5.41) is 3.53. The Kier molecular flexibility index (Phi) is 7.87. The molecule has 0 aromatic carbocycles. The van der Waals surface area contributed by atoms with Crippen LogP contribution in [0.1, 0.15) is 40.0 Å². The van der Waals surface area contributed by atoms with E-state index in [1.54, 1.807) is 0 Å². The van der Waals surface area contributed by atoms with E-state index in [1.807, 2.05) is 0 Å². The molecule has 0 radical (unpaired) electrons. The lowest BCUT2D eigenvalue weighted by atomic mass is 10.1. The van der Waals surface area contributed by atoms with Crippen molar-refractivity contribution in [2.45, 2.75) is 46.1 Å². The van der Waals surface area contributed by atoms with Crippen molar-refractivity contribution < 1.29 is 4.74 Å². The number of ether oxygens (including phenoxy) is 1. The summed E-state index contributed by atoms with van der Waals surface area (Å²) in [6.07, 6.45) is 4.03. The molecule has 1 rings (SSSR count). The van der Waals surface area contributed by atoms with Gasteiger partial charge in [0, 0.05) is 25.7 Å². The molecular weight excluding hydrogens is 224 g/mol. The van der Waals surface area contributed by atoms with Gasteiger partial charge in [0.2, 0.25) is 0 Å². The molecule has 1 aliphatic rings. The molecule has 1 saturated carbocycles. The van der Waals surface area contributed by atoms with Gasteiger partial charge in [-0.05, 0) is 51.6 Å². The molecule has 0 aromatic heterocycles. The maximum atomic E-state index is 5.67. The van der Waals surface area contributed by atoms with Crippen LogP contribution in [-0.4, -0.2) is 50.8 Å². The van der Waals surface area contributed by atoms with Gasteiger partial charge in [0.1, 0.15) is 0 Å². The summed E-state index contributed by atoms with van der Waals surface area (Å²) in [6.45, 7) is 11.9. The maximum absolute atomic E-state index is 5.67. The van der Waals surface area contributed by atoms with Crippen LogP contribution in [0.25, 0.3) is 0 Å². The first kappa shape index (κ1) is 15.9. The second-order valence-corrected chi connectivity index (χ2v) is 6.23. The summed E-state index contributed by atoms with van der Waals surface area (Å²) >= 11 is 0. The van der Waals surface area contributed by atoms with Crippen LogP contribution in [0.3, 0.4) is 0 Å². The van der Waals surface area contributed by atoms with Crippen molar-refractivity contribution in [3.8, 4) is 0 Å². The highest BCUT2D eigenvalue weighted by Gasteiger charge is 2.21. The van der Waals surface area contributed by atoms with Gasteiger partial charge >= 0.3 is 0 Å². The number of rotatable bonds is 11. The largest absolute Gasteiger partial charge is 0.380 e. The molecule has 108 valence electrons. The quantitative estimate of drug-likeness (QED) is 0.574. The van der Waals surface area contributed by atoms with Crippen LogP contribution >= 0.6 is 0 Å². The predicted molar refractivity (Wildman–Crippen MR) is 78.0 cm³/mol. The third kappa shape index (κ3) is 8.06. The number of likely N-dealkylation sites (N-methyl/N-ethyl adjacent to an activating group) is 1. The predicted octanol–water partition coefficient (Wildman–Crippen LogP) is 2.37. The van der Waals surface area contributed by atoms with E-state index in [4.69, 9.17) is 4.74 Å². The third-order valence-corrected chi connectivity index (χ3v) is 3.73. The van der Waals surface area contributed by atoms with Gasteiger partial charge < -0.3 is 15.0 Å². The van der Waals surface area contributed by atoms with E-state index in [-0.39, 0.29) is 0 Å². The molecule has 1 atom stereocenters. The Morgan fingerprint density at radius 1 is 1.28 bits per heavy atom. The van der Waals surface area contributed by atoms with Crippen LogP contribution in [0.5, 0.6) is 0 Å². The third-order valence-electron chi connectivity index (χ3n) is 3.73. The first-order valence-electron chi connectivity index (χ1n) is 7.58.